The summed E-state index contributed by atoms with van der Waals surface area (Å²) in [5.41, 5.74) is 10.0. The molecule has 0 aromatic heterocycles. The standard InChI is InChI=1S/C57H74N6O6/c1-5-60-45-24-36-9-6-12-40-34-11-8-21-55(3,26-33-14-19-46(58)62-29-33)27-38-10-7-13-43-49(38)52(66)57(54(67)68-31-44(45)42(18-17-34)48(36)40)56(69-57,51(43)65)28-39(30-64)32(2)23-35-15-16-37-25-47(59-4)63-53-50(37)41(35)20-22-61-53/h6-7,9-10,13-14,19-20,24,29,34-35,37,40,42,44-48,59-64H,5,8,11-12,15-18,21-23,25-28,30-31,58H2,1-4H3. The van der Waals surface area contributed by atoms with Crippen LogP contribution in [0.5, 0.6) is 0 Å². The molecular formula is C57H74N6O6. The van der Waals surface area contributed by atoms with Crippen LogP contribution in [0.25, 0.3) is 0 Å². The number of hydrogen-bond acceptors (Lipinski definition) is 12. The van der Waals surface area contributed by atoms with Crippen molar-refractivity contribution >= 4 is 17.5 Å². The number of rotatable bonds is 10. The average Bonchev–Trinajstić information content (AvgIpc) is 4.05. The summed E-state index contributed by atoms with van der Waals surface area (Å²) in [6.07, 6.45) is 26.8. The zero-order valence-corrected chi connectivity index (χ0v) is 41.1. The van der Waals surface area contributed by atoms with Crippen LogP contribution in [0.1, 0.15) is 124 Å². The van der Waals surface area contributed by atoms with Crippen molar-refractivity contribution in [1.29, 1.82) is 0 Å². The molecule has 12 rings (SSSR count). The van der Waals surface area contributed by atoms with Crippen molar-refractivity contribution in [2.24, 2.45) is 52.6 Å². The smallest absolute Gasteiger partial charge is 0.350 e. The van der Waals surface area contributed by atoms with Crippen molar-refractivity contribution in [3.05, 3.63) is 117 Å². The quantitative estimate of drug-likeness (QED) is 0.0572. The lowest BCUT2D eigenvalue weighted by molar-refractivity contribution is -0.151. The zero-order chi connectivity index (χ0) is 47.8. The van der Waals surface area contributed by atoms with Crippen molar-refractivity contribution in [1.82, 2.24) is 26.6 Å². The van der Waals surface area contributed by atoms with Gasteiger partial charge in [-0.1, -0.05) is 80.8 Å². The highest BCUT2D eigenvalue weighted by Crippen LogP contribution is 2.61. The first-order valence-electron chi connectivity index (χ1n) is 26.4. The monoisotopic (exact) mass is 939 g/mol. The molecule has 12 nitrogen and oxygen atoms in total. The van der Waals surface area contributed by atoms with Gasteiger partial charge in [0.2, 0.25) is 5.78 Å². The highest BCUT2D eigenvalue weighted by atomic mass is 16.7. The third-order valence-electron chi connectivity index (χ3n) is 18.7. The number of ether oxygens (including phenoxy) is 2. The molecule has 0 amide bonds. The van der Waals surface area contributed by atoms with E-state index in [0.717, 1.165) is 99.8 Å². The lowest BCUT2D eigenvalue weighted by Crippen LogP contribution is -2.53. The van der Waals surface area contributed by atoms with Gasteiger partial charge in [0, 0.05) is 42.3 Å². The zero-order valence-electron chi connectivity index (χ0n) is 41.1. The summed E-state index contributed by atoms with van der Waals surface area (Å²) in [5, 5.41) is 28.9. The minimum Gasteiger partial charge on any atom is -0.463 e. The second kappa shape index (κ2) is 18.2. The summed E-state index contributed by atoms with van der Waals surface area (Å²) in [6, 6.07) is 5.57. The van der Waals surface area contributed by atoms with Crippen LogP contribution in [-0.4, -0.2) is 85.6 Å². The van der Waals surface area contributed by atoms with E-state index in [1.54, 1.807) is 6.07 Å². The van der Waals surface area contributed by atoms with Crippen LogP contribution < -0.4 is 32.3 Å². The third kappa shape index (κ3) is 7.86. The summed E-state index contributed by atoms with van der Waals surface area (Å²) < 4.78 is 13.2. The van der Waals surface area contributed by atoms with Gasteiger partial charge in [0.1, 0.15) is 5.82 Å². The lowest BCUT2D eigenvalue weighted by atomic mass is 9.54. The van der Waals surface area contributed by atoms with Crippen molar-refractivity contribution in [3.63, 3.8) is 0 Å². The van der Waals surface area contributed by atoms with E-state index in [9.17, 15) is 5.11 Å². The Balaban J connectivity index is 0.973. The molecule has 6 bridgehead atoms. The number of esters is 1. The van der Waals surface area contributed by atoms with Gasteiger partial charge >= 0.3 is 5.97 Å². The van der Waals surface area contributed by atoms with E-state index in [2.05, 4.69) is 70.8 Å². The Labute approximate surface area is 408 Å². The molecule has 1 saturated heterocycles. The van der Waals surface area contributed by atoms with Crippen molar-refractivity contribution in [2.45, 2.75) is 134 Å². The summed E-state index contributed by atoms with van der Waals surface area (Å²) in [4.78, 5) is 46.6. The number of nitrogens with two attached hydrogens (primary N) is 1. The number of hydrogen-bond donors (Lipinski definition) is 7. The fourth-order valence-corrected chi connectivity index (χ4v) is 15.3. The SMILES string of the molecule is CCNC1C=C2C=CCC3C4CCCC(C)(CC5=CNC(N)C=C5)Cc5cccc6c5C(=O)C5(OC5(CC(CO)=C(C)CC5CCC7CC(NC)NC8=C7C5=CCN8)C6=O)C(=O)OCC1C(CC4)C23. The summed E-state index contributed by atoms with van der Waals surface area (Å²) in [5.74, 6) is 1.88. The van der Waals surface area contributed by atoms with Crippen LogP contribution in [0.2, 0.25) is 0 Å². The molecule has 69 heavy (non-hydrogen) atoms. The van der Waals surface area contributed by atoms with Gasteiger partial charge in [-0.15, -0.1) is 0 Å². The second-order valence-corrected chi connectivity index (χ2v) is 22.7. The van der Waals surface area contributed by atoms with Crippen LogP contribution in [0.15, 0.2) is 100 Å². The molecule has 11 aliphatic rings. The lowest BCUT2D eigenvalue weighted by Gasteiger charge is -2.52. The van der Waals surface area contributed by atoms with E-state index in [-0.39, 0.29) is 72.2 Å². The van der Waals surface area contributed by atoms with Crippen molar-refractivity contribution in [2.75, 3.05) is 33.4 Å². The fourth-order valence-electron chi connectivity index (χ4n) is 15.3. The van der Waals surface area contributed by atoms with E-state index in [1.807, 2.05) is 38.4 Å². The molecule has 0 radical (unpaired) electrons. The van der Waals surface area contributed by atoms with Crippen molar-refractivity contribution < 1.29 is 29.0 Å². The maximum absolute atomic E-state index is 15.8. The van der Waals surface area contributed by atoms with Gasteiger partial charge in [0.05, 0.1) is 25.5 Å². The molecule has 6 heterocycles. The van der Waals surface area contributed by atoms with Gasteiger partial charge in [0.15, 0.2) is 11.4 Å². The van der Waals surface area contributed by atoms with Crippen LogP contribution in [0, 0.1) is 46.8 Å². The van der Waals surface area contributed by atoms with E-state index in [4.69, 9.17) is 15.2 Å². The Hall–Kier alpha value is -4.59. The number of carbonyl (C=O) groups excluding carboxylic acids is 3. The van der Waals surface area contributed by atoms with E-state index in [1.165, 1.54) is 16.7 Å². The maximum atomic E-state index is 15.8. The Bertz CT molecular complexity index is 2520. The molecule has 3 fully saturated rings. The first kappa shape index (κ1) is 46.8. The molecule has 1 spiro atoms. The predicted molar refractivity (Wildman–Crippen MR) is 266 cm³/mol. The van der Waals surface area contributed by atoms with Gasteiger partial charge in [-0.2, -0.15) is 0 Å². The molecule has 5 aliphatic carbocycles. The fraction of sp³-hybridized carbons (Fsp3) is 0.596. The van der Waals surface area contributed by atoms with E-state index in [0.29, 0.717) is 48.0 Å². The number of Topliss-reactive ketones (excluding diaryl/α,β-unsaturated/α-hetero) is 2. The van der Waals surface area contributed by atoms with Gasteiger partial charge in [0.25, 0.3) is 5.60 Å². The van der Waals surface area contributed by atoms with E-state index < -0.39 is 23.0 Å². The van der Waals surface area contributed by atoms with Crippen molar-refractivity contribution in [3.8, 4) is 0 Å². The molecule has 368 valence electrons. The average molecular weight is 939 g/mol. The molecule has 13 atom stereocenters. The summed E-state index contributed by atoms with van der Waals surface area (Å²) >= 11 is 0. The number of nitrogens with one attached hydrogen (secondary N) is 5. The summed E-state index contributed by atoms with van der Waals surface area (Å²) in [6.45, 7) is 7.75. The third-order valence-corrected chi connectivity index (χ3v) is 18.7. The number of likely N-dealkylation sites (N-methyl/N-ethyl adjacent to an activating group) is 1. The Morgan fingerprint density at radius 2 is 1.91 bits per heavy atom. The Morgan fingerprint density at radius 1 is 1.04 bits per heavy atom. The molecule has 13 unspecified atom stereocenters. The molecule has 12 heteroatoms. The van der Waals surface area contributed by atoms with Gasteiger partial charge < -0.3 is 46.9 Å². The molecule has 8 N–H and O–H groups in total. The second-order valence-electron chi connectivity index (χ2n) is 22.7. The number of epoxide rings is 1. The topological polar surface area (TPSA) is 179 Å². The minimum absolute atomic E-state index is 0.00874. The first-order valence-corrected chi connectivity index (χ1v) is 26.4. The number of benzene rings is 1. The molecular weight excluding hydrogens is 865 g/mol. The number of aliphatic hydroxyl groups is 1. The summed E-state index contributed by atoms with van der Waals surface area (Å²) in [7, 11) is 2.00. The highest BCUT2D eigenvalue weighted by molar-refractivity contribution is 6.33. The molecule has 6 aliphatic heterocycles. The van der Waals surface area contributed by atoms with E-state index >= 15 is 14.4 Å². The first-order chi connectivity index (χ1) is 33.4. The molecule has 1 aromatic carbocycles. The van der Waals surface area contributed by atoms with Crippen LogP contribution in [0.4, 0.5) is 0 Å². The van der Waals surface area contributed by atoms with Crippen LogP contribution in [0.3, 0.4) is 0 Å². The normalized spacial score (nSPS) is 39.0. The minimum atomic E-state index is -2.17. The number of fused-ring (bicyclic) bond motifs is 7. The number of ketones is 2. The number of dihydropyridines is 2. The predicted octanol–water partition coefficient (Wildman–Crippen LogP) is 6.72. The van der Waals surface area contributed by atoms with Gasteiger partial charge in [-0.05, 0) is 165 Å². The Morgan fingerprint density at radius 3 is 2.71 bits per heavy atom. The van der Waals surface area contributed by atoms with Gasteiger partial charge in [-0.3, -0.25) is 9.59 Å². The largest absolute Gasteiger partial charge is 0.463 e. The number of carbonyl (C=O) groups is 3. The number of aliphatic hydroxyl groups excluding tert-OH is 1. The Kier molecular flexibility index (Phi) is 12.4. The highest BCUT2D eigenvalue weighted by Gasteiger charge is 2.86. The molecule has 1 aromatic rings. The van der Waals surface area contributed by atoms with Gasteiger partial charge in [-0.25, -0.2) is 4.79 Å². The molecule has 2 saturated carbocycles. The van der Waals surface area contributed by atoms with Crippen LogP contribution >= 0.6 is 0 Å². The number of allylic oxidation sites excluding steroid dienone is 8. The van der Waals surface area contributed by atoms with Crippen LogP contribution in [-0.2, 0) is 20.7 Å². The maximum Gasteiger partial charge on any atom is 0.350 e.